The van der Waals surface area contributed by atoms with E-state index in [0.29, 0.717) is 35.6 Å². The van der Waals surface area contributed by atoms with Gasteiger partial charge in [-0.25, -0.2) is 4.39 Å². The number of piperazine rings is 1. The van der Waals surface area contributed by atoms with E-state index in [-0.39, 0.29) is 30.5 Å². The maximum Gasteiger partial charge on any atom is 0.254 e. The number of benzene rings is 3. The van der Waals surface area contributed by atoms with Gasteiger partial charge in [-0.05, 0) is 53.9 Å². The molecule has 2 bridgehead atoms. The molecule has 2 amide bonds. The molecule has 0 aromatic heterocycles. The number of amides is 2. The highest BCUT2D eigenvalue weighted by atomic mass is 19.1. The van der Waals surface area contributed by atoms with Crippen molar-refractivity contribution in [2.24, 2.45) is 0 Å². The average Bonchev–Trinajstić information content (AvgIpc) is 3.53. The molecule has 3 heterocycles. The summed E-state index contributed by atoms with van der Waals surface area (Å²) in [5, 5.41) is 0. The van der Waals surface area contributed by atoms with Crippen LogP contribution in [0.1, 0.15) is 16.8 Å². The lowest BCUT2D eigenvalue weighted by molar-refractivity contribution is -0.121. The molecule has 0 unspecified atom stereocenters. The number of fused-ring (bicyclic) bond motifs is 3. The molecule has 160 valence electrons. The number of anilines is 1. The Bertz CT molecular complexity index is 1260. The highest BCUT2D eigenvalue weighted by molar-refractivity contribution is 6.06. The summed E-state index contributed by atoms with van der Waals surface area (Å²) in [6, 6.07) is 18.3. The van der Waals surface area contributed by atoms with Gasteiger partial charge in [0.2, 0.25) is 12.7 Å². The highest BCUT2D eigenvalue weighted by Gasteiger charge is 2.52. The first-order valence-corrected chi connectivity index (χ1v) is 10.5. The second-order valence-corrected chi connectivity index (χ2v) is 8.20. The summed E-state index contributed by atoms with van der Waals surface area (Å²) in [6.07, 6.45) is 0.600. The number of carbonyl (C=O) groups excluding carboxylic acids is 2. The molecule has 3 aliphatic rings. The third-order valence-corrected chi connectivity index (χ3v) is 6.33. The molecule has 6 rings (SSSR count). The zero-order valence-electron chi connectivity index (χ0n) is 17.0. The number of halogens is 1. The van der Waals surface area contributed by atoms with Crippen LogP contribution in [-0.2, 0) is 4.79 Å². The normalized spacial score (nSPS) is 20.8. The van der Waals surface area contributed by atoms with E-state index in [2.05, 4.69) is 0 Å². The molecule has 0 aliphatic carbocycles. The largest absolute Gasteiger partial charge is 0.454 e. The molecule has 3 aromatic carbocycles. The second kappa shape index (κ2) is 7.09. The van der Waals surface area contributed by atoms with E-state index in [4.69, 9.17) is 9.47 Å². The quantitative estimate of drug-likeness (QED) is 0.633. The van der Waals surface area contributed by atoms with Crippen molar-refractivity contribution in [3.8, 4) is 22.6 Å². The lowest BCUT2D eigenvalue weighted by Crippen LogP contribution is -2.52. The molecule has 2 atom stereocenters. The van der Waals surface area contributed by atoms with E-state index in [0.717, 1.165) is 11.3 Å². The van der Waals surface area contributed by atoms with E-state index in [1.165, 1.54) is 12.1 Å². The lowest BCUT2D eigenvalue weighted by Gasteiger charge is -2.34. The van der Waals surface area contributed by atoms with Gasteiger partial charge in [-0.15, -0.1) is 0 Å². The minimum absolute atomic E-state index is 0.0803. The van der Waals surface area contributed by atoms with Crippen LogP contribution >= 0.6 is 0 Å². The zero-order valence-corrected chi connectivity index (χ0v) is 17.0. The van der Waals surface area contributed by atoms with Crippen molar-refractivity contribution < 1.29 is 23.5 Å². The van der Waals surface area contributed by atoms with Gasteiger partial charge < -0.3 is 19.3 Å². The van der Waals surface area contributed by atoms with Gasteiger partial charge in [0.05, 0.1) is 6.04 Å². The van der Waals surface area contributed by atoms with Gasteiger partial charge in [-0.2, -0.15) is 0 Å². The number of hydrogen-bond acceptors (Lipinski definition) is 4. The predicted molar refractivity (Wildman–Crippen MR) is 115 cm³/mol. The first kappa shape index (κ1) is 18.9. The van der Waals surface area contributed by atoms with Crippen molar-refractivity contribution in [2.45, 2.75) is 18.5 Å². The number of nitrogens with zero attached hydrogens (tertiary/aromatic N) is 2. The molecule has 7 heteroatoms. The summed E-state index contributed by atoms with van der Waals surface area (Å²) < 4.78 is 24.4. The molecule has 0 radical (unpaired) electrons. The van der Waals surface area contributed by atoms with Crippen LogP contribution in [0.25, 0.3) is 11.1 Å². The molecular formula is C25H19FN2O4. The maximum absolute atomic E-state index is 13.6. The van der Waals surface area contributed by atoms with Crippen LogP contribution in [0.3, 0.4) is 0 Å². The first-order valence-electron chi connectivity index (χ1n) is 10.5. The number of likely N-dealkylation sites (tertiary alicyclic amines) is 1. The number of hydrogen-bond donors (Lipinski definition) is 0. The smallest absolute Gasteiger partial charge is 0.254 e. The van der Waals surface area contributed by atoms with Crippen molar-refractivity contribution in [2.75, 3.05) is 18.2 Å². The van der Waals surface area contributed by atoms with E-state index in [9.17, 15) is 14.0 Å². The Labute approximate surface area is 183 Å². The fourth-order valence-corrected chi connectivity index (χ4v) is 4.84. The number of carbonyl (C=O) groups is 2. The number of rotatable bonds is 3. The van der Waals surface area contributed by atoms with Gasteiger partial charge in [0.15, 0.2) is 11.5 Å². The van der Waals surface area contributed by atoms with Gasteiger partial charge in [0.1, 0.15) is 11.9 Å². The van der Waals surface area contributed by atoms with Crippen LogP contribution < -0.4 is 14.4 Å². The first-order chi connectivity index (χ1) is 15.6. The van der Waals surface area contributed by atoms with Crippen molar-refractivity contribution in [1.29, 1.82) is 0 Å². The van der Waals surface area contributed by atoms with E-state index in [1.807, 2.05) is 18.2 Å². The van der Waals surface area contributed by atoms with Crippen LogP contribution in [0.2, 0.25) is 0 Å². The summed E-state index contributed by atoms with van der Waals surface area (Å²) in [5.41, 5.74) is 2.70. The Kier molecular flexibility index (Phi) is 4.18. The molecule has 0 spiro atoms. The summed E-state index contributed by atoms with van der Waals surface area (Å²) >= 11 is 0. The van der Waals surface area contributed by atoms with Crippen LogP contribution in [0, 0.1) is 5.82 Å². The molecule has 3 aliphatic heterocycles. The Morgan fingerprint density at radius 3 is 2.53 bits per heavy atom. The van der Waals surface area contributed by atoms with Crippen molar-refractivity contribution in [1.82, 2.24) is 4.90 Å². The van der Waals surface area contributed by atoms with E-state index in [1.54, 1.807) is 46.2 Å². The van der Waals surface area contributed by atoms with Gasteiger partial charge in [-0.1, -0.05) is 24.3 Å². The summed E-state index contributed by atoms with van der Waals surface area (Å²) in [6.45, 7) is 0.642. The minimum atomic E-state index is -0.490. The average molecular weight is 430 g/mol. The Balaban J connectivity index is 1.24. The summed E-state index contributed by atoms with van der Waals surface area (Å²) in [4.78, 5) is 29.8. The third kappa shape index (κ3) is 2.92. The van der Waals surface area contributed by atoms with Gasteiger partial charge in [0, 0.05) is 23.9 Å². The molecule has 3 aromatic rings. The molecule has 32 heavy (non-hydrogen) atoms. The predicted octanol–water partition coefficient (Wildman–Crippen LogP) is 3.85. The van der Waals surface area contributed by atoms with Gasteiger partial charge >= 0.3 is 0 Å². The van der Waals surface area contributed by atoms with Gasteiger partial charge in [-0.3, -0.25) is 9.59 Å². The minimum Gasteiger partial charge on any atom is -0.454 e. The van der Waals surface area contributed by atoms with Crippen LogP contribution in [0.5, 0.6) is 11.5 Å². The fourth-order valence-electron chi connectivity index (χ4n) is 4.84. The van der Waals surface area contributed by atoms with Crippen LogP contribution in [-0.4, -0.2) is 42.1 Å². The third-order valence-electron chi connectivity index (χ3n) is 6.33. The highest BCUT2D eigenvalue weighted by Crippen LogP contribution is 2.41. The molecule has 6 nitrogen and oxygen atoms in total. The zero-order chi connectivity index (χ0) is 21.8. The van der Waals surface area contributed by atoms with Crippen LogP contribution in [0.15, 0.2) is 66.7 Å². The van der Waals surface area contributed by atoms with Crippen molar-refractivity contribution in [3.63, 3.8) is 0 Å². The van der Waals surface area contributed by atoms with Gasteiger partial charge in [0.25, 0.3) is 5.91 Å². The second-order valence-electron chi connectivity index (χ2n) is 8.20. The molecule has 0 N–H and O–H groups in total. The Hall–Kier alpha value is -3.87. The van der Waals surface area contributed by atoms with Crippen LogP contribution in [0.4, 0.5) is 10.1 Å². The summed E-state index contributed by atoms with van der Waals surface area (Å²) in [5.74, 6) is 0.690. The molecule has 0 saturated carbocycles. The molecular weight excluding hydrogens is 411 g/mol. The topological polar surface area (TPSA) is 59.1 Å². The van der Waals surface area contributed by atoms with E-state index < -0.39 is 6.04 Å². The van der Waals surface area contributed by atoms with Crippen molar-refractivity contribution >= 4 is 17.5 Å². The Morgan fingerprint density at radius 1 is 0.938 bits per heavy atom. The van der Waals surface area contributed by atoms with E-state index >= 15 is 0 Å². The maximum atomic E-state index is 13.6. The SMILES string of the molecule is O=C(c1cccc(-c2cccc(F)c2)c1)N1C[C@@H]2C[C@H]1C(=O)N2c1ccc2c(c1)OCO2. The van der Waals surface area contributed by atoms with Crippen molar-refractivity contribution in [3.05, 3.63) is 78.1 Å². The fraction of sp³-hybridized carbons (Fsp3) is 0.200. The molecule has 2 saturated heterocycles. The summed E-state index contributed by atoms with van der Waals surface area (Å²) in [7, 11) is 0. The molecule has 2 fully saturated rings. The number of ether oxygens (including phenoxy) is 2. The monoisotopic (exact) mass is 430 g/mol. The Morgan fingerprint density at radius 2 is 1.72 bits per heavy atom. The standard InChI is InChI=1S/C25H19FN2O4/c26-18-6-2-4-16(10-18)15-3-1-5-17(9-15)24(29)27-13-20-11-21(27)25(30)28(20)19-7-8-22-23(12-19)32-14-31-22/h1-10,12,20-21H,11,13-14H2/t20-,21-/m0/s1. The lowest BCUT2D eigenvalue weighted by atomic mass is 10.0.